The number of hydrogen-bond donors (Lipinski definition) is 1. The number of allylic oxidation sites excluding steroid dienone is 1. The maximum atomic E-state index is 11.0. The molecule has 1 heterocycles. The average Bonchev–Trinajstić information content (AvgIpc) is 2.15. The number of rotatable bonds is 2. The summed E-state index contributed by atoms with van der Waals surface area (Å²) >= 11 is 0. The summed E-state index contributed by atoms with van der Waals surface area (Å²) in [5.41, 5.74) is 0.144. The summed E-state index contributed by atoms with van der Waals surface area (Å²) in [4.78, 5) is 11.0. The molecule has 0 aromatic rings. The van der Waals surface area contributed by atoms with E-state index in [1.807, 2.05) is 6.08 Å². The summed E-state index contributed by atoms with van der Waals surface area (Å²) < 4.78 is 5.26. The summed E-state index contributed by atoms with van der Waals surface area (Å²) in [6.45, 7) is 3.76. The van der Waals surface area contributed by atoms with E-state index in [1.165, 1.54) is 0 Å². The third-order valence-corrected chi connectivity index (χ3v) is 2.52. The highest BCUT2D eigenvalue weighted by Gasteiger charge is 2.24. The Labute approximate surface area is 79.2 Å². The van der Waals surface area contributed by atoms with Gasteiger partial charge in [-0.25, -0.2) is 0 Å². The molecule has 1 aliphatic heterocycles. The average molecular weight is 183 g/mol. The fourth-order valence-electron chi connectivity index (χ4n) is 1.36. The second kappa shape index (κ2) is 4.42. The topological polar surface area (TPSA) is 38.3 Å². The highest BCUT2D eigenvalue weighted by molar-refractivity contribution is 5.87. The molecule has 0 radical (unpaired) electrons. The molecule has 0 aromatic heterocycles. The van der Waals surface area contributed by atoms with Gasteiger partial charge < -0.3 is 10.1 Å². The van der Waals surface area contributed by atoms with Crippen molar-refractivity contribution in [3.05, 3.63) is 12.2 Å². The van der Waals surface area contributed by atoms with Gasteiger partial charge in [-0.3, -0.25) is 4.79 Å². The minimum atomic E-state index is -0.0345. The van der Waals surface area contributed by atoms with Crippen molar-refractivity contribution in [2.24, 2.45) is 5.41 Å². The molecule has 1 aliphatic rings. The van der Waals surface area contributed by atoms with E-state index < -0.39 is 0 Å². The Hall–Kier alpha value is -0.830. The molecule has 1 rings (SSSR count). The van der Waals surface area contributed by atoms with Gasteiger partial charge in [-0.1, -0.05) is 13.0 Å². The van der Waals surface area contributed by atoms with Crippen molar-refractivity contribution in [2.75, 3.05) is 20.3 Å². The predicted molar refractivity (Wildman–Crippen MR) is 51.4 cm³/mol. The van der Waals surface area contributed by atoms with Gasteiger partial charge in [0.05, 0.1) is 0 Å². The lowest BCUT2D eigenvalue weighted by molar-refractivity contribution is -0.116. The van der Waals surface area contributed by atoms with Gasteiger partial charge in [0.25, 0.3) is 0 Å². The summed E-state index contributed by atoms with van der Waals surface area (Å²) in [6.07, 6.45) is 5.61. The van der Waals surface area contributed by atoms with E-state index in [1.54, 1.807) is 13.1 Å². The second-order valence-corrected chi connectivity index (χ2v) is 3.71. The zero-order valence-corrected chi connectivity index (χ0v) is 8.30. The number of nitrogens with one attached hydrogen (secondary N) is 1. The molecule has 1 saturated heterocycles. The summed E-state index contributed by atoms with van der Waals surface area (Å²) in [6, 6.07) is 0. The van der Waals surface area contributed by atoms with E-state index in [4.69, 9.17) is 4.74 Å². The molecule has 0 bridgehead atoms. The van der Waals surface area contributed by atoms with Crippen molar-refractivity contribution < 1.29 is 9.53 Å². The Balaban J connectivity index is 2.49. The van der Waals surface area contributed by atoms with Crippen molar-refractivity contribution in [2.45, 2.75) is 19.8 Å². The van der Waals surface area contributed by atoms with Crippen molar-refractivity contribution >= 4 is 5.91 Å². The van der Waals surface area contributed by atoms with Crippen LogP contribution in [0.25, 0.3) is 0 Å². The van der Waals surface area contributed by atoms with E-state index in [9.17, 15) is 4.79 Å². The van der Waals surface area contributed by atoms with Crippen LogP contribution in [-0.4, -0.2) is 26.2 Å². The number of ether oxygens (including phenoxy) is 1. The van der Waals surface area contributed by atoms with Gasteiger partial charge in [-0.2, -0.15) is 0 Å². The molecule has 1 N–H and O–H groups in total. The van der Waals surface area contributed by atoms with E-state index in [0.29, 0.717) is 0 Å². The highest BCUT2D eigenvalue weighted by atomic mass is 16.5. The largest absolute Gasteiger partial charge is 0.381 e. The molecular formula is C10H17NO2. The van der Waals surface area contributed by atoms with Crippen LogP contribution in [0.1, 0.15) is 19.8 Å². The van der Waals surface area contributed by atoms with E-state index in [-0.39, 0.29) is 11.3 Å². The standard InChI is InChI=1S/C10H17NO2/c1-10(4-3-9(12)11-2)5-7-13-8-6-10/h3-4H,5-8H2,1-2H3,(H,11,12)/b4-3+. The minimum Gasteiger partial charge on any atom is -0.381 e. The molecule has 13 heavy (non-hydrogen) atoms. The van der Waals surface area contributed by atoms with Gasteiger partial charge in [0.15, 0.2) is 0 Å². The van der Waals surface area contributed by atoms with Gasteiger partial charge in [-0.15, -0.1) is 0 Å². The van der Waals surface area contributed by atoms with E-state index in [2.05, 4.69) is 12.2 Å². The van der Waals surface area contributed by atoms with Gasteiger partial charge >= 0.3 is 0 Å². The van der Waals surface area contributed by atoms with Gasteiger partial charge in [0, 0.05) is 20.3 Å². The zero-order chi connectivity index (χ0) is 9.73. The summed E-state index contributed by atoms with van der Waals surface area (Å²) in [7, 11) is 1.64. The smallest absolute Gasteiger partial charge is 0.243 e. The molecule has 3 nitrogen and oxygen atoms in total. The Kier molecular flexibility index (Phi) is 3.48. The molecule has 0 saturated carbocycles. The molecule has 74 valence electrons. The molecule has 0 unspecified atom stereocenters. The first-order valence-electron chi connectivity index (χ1n) is 4.65. The molecule has 1 fully saturated rings. The number of hydrogen-bond acceptors (Lipinski definition) is 2. The van der Waals surface area contributed by atoms with Crippen LogP contribution < -0.4 is 5.32 Å². The maximum absolute atomic E-state index is 11.0. The van der Waals surface area contributed by atoms with Crippen molar-refractivity contribution in [1.82, 2.24) is 5.32 Å². The molecule has 0 atom stereocenters. The summed E-state index contributed by atoms with van der Waals surface area (Å²) in [5.74, 6) is -0.0345. The molecule has 3 heteroatoms. The van der Waals surface area contributed by atoms with Crippen LogP contribution in [0.4, 0.5) is 0 Å². The fourth-order valence-corrected chi connectivity index (χ4v) is 1.36. The van der Waals surface area contributed by atoms with Crippen LogP contribution in [0.3, 0.4) is 0 Å². The van der Waals surface area contributed by atoms with Crippen LogP contribution in [0.2, 0.25) is 0 Å². The SMILES string of the molecule is CNC(=O)/C=C/C1(C)CCOCC1. The Morgan fingerprint density at radius 1 is 1.46 bits per heavy atom. The first-order valence-corrected chi connectivity index (χ1v) is 4.65. The Morgan fingerprint density at radius 2 is 2.08 bits per heavy atom. The van der Waals surface area contributed by atoms with Crippen LogP contribution in [0.15, 0.2) is 12.2 Å². The molecular weight excluding hydrogens is 166 g/mol. The zero-order valence-electron chi connectivity index (χ0n) is 8.30. The lowest BCUT2D eigenvalue weighted by Gasteiger charge is -2.30. The third kappa shape index (κ3) is 3.19. The highest BCUT2D eigenvalue weighted by Crippen LogP contribution is 2.30. The quantitative estimate of drug-likeness (QED) is 0.651. The maximum Gasteiger partial charge on any atom is 0.243 e. The van der Waals surface area contributed by atoms with Crippen LogP contribution in [0.5, 0.6) is 0 Å². The normalized spacial score (nSPS) is 21.7. The fraction of sp³-hybridized carbons (Fsp3) is 0.700. The van der Waals surface area contributed by atoms with Crippen LogP contribution >= 0.6 is 0 Å². The minimum absolute atomic E-state index is 0.0345. The van der Waals surface area contributed by atoms with Gasteiger partial charge in [0.1, 0.15) is 0 Å². The lowest BCUT2D eigenvalue weighted by atomic mass is 9.82. The molecule has 0 spiro atoms. The van der Waals surface area contributed by atoms with Gasteiger partial charge in [0.2, 0.25) is 5.91 Å². The van der Waals surface area contributed by atoms with Gasteiger partial charge in [-0.05, 0) is 24.3 Å². The van der Waals surface area contributed by atoms with Crippen LogP contribution in [0, 0.1) is 5.41 Å². The monoisotopic (exact) mass is 183 g/mol. The molecule has 0 aromatic carbocycles. The lowest BCUT2D eigenvalue weighted by Crippen LogP contribution is -2.25. The number of carbonyl (C=O) groups is 1. The van der Waals surface area contributed by atoms with Crippen molar-refractivity contribution in [3.8, 4) is 0 Å². The van der Waals surface area contributed by atoms with Crippen molar-refractivity contribution in [1.29, 1.82) is 0 Å². The first-order chi connectivity index (χ1) is 6.16. The molecule has 0 aliphatic carbocycles. The number of likely N-dealkylation sites (N-methyl/N-ethyl adjacent to an activating group) is 1. The Morgan fingerprint density at radius 3 is 2.62 bits per heavy atom. The predicted octanol–water partition coefficient (Wildman–Crippen LogP) is 1.11. The number of amides is 1. The molecule has 1 amide bonds. The van der Waals surface area contributed by atoms with E-state index >= 15 is 0 Å². The van der Waals surface area contributed by atoms with Crippen LogP contribution in [-0.2, 0) is 9.53 Å². The third-order valence-electron chi connectivity index (χ3n) is 2.52. The first kappa shape index (κ1) is 10.3. The Bertz CT molecular complexity index is 205. The summed E-state index contributed by atoms with van der Waals surface area (Å²) in [5, 5.41) is 2.56. The second-order valence-electron chi connectivity index (χ2n) is 3.71. The number of carbonyl (C=O) groups excluding carboxylic acids is 1. The van der Waals surface area contributed by atoms with Crippen molar-refractivity contribution in [3.63, 3.8) is 0 Å². The van der Waals surface area contributed by atoms with E-state index in [0.717, 1.165) is 26.1 Å².